The van der Waals surface area contributed by atoms with Crippen LogP contribution >= 0.6 is 25.6 Å². The predicted molar refractivity (Wildman–Crippen MR) is 49.8 cm³/mol. The molecule has 1 saturated heterocycles. The number of hydrogen-bond donors (Lipinski definition) is 3. The van der Waals surface area contributed by atoms with Crippen LogP contribution in [0.3, 0.4) is 0 Å². The summed E-state index contributed by atoms with van der Waals surface area (Å²) in [6.07, 6.45) is 0. The van der Waals surface area contributed by atoms with Gasteiger partial charge in [0.1, 0.15) is 0 Å². The van der Waals surface area contributed by atoms with Gasteiger partial charge in [0, 0.05) is 26.2 Å². The molecule has 1 fully saturated rings. The monoisotopic (exact) mass is 196 g/mol. The predicted octanol–water partition coefficient (Wildman–Crippen LogP) is -0.00560. The summed E-state index contributed by atoms with van der Waals surface area (Å²) < 4.78 is 4.01. The lowest BCUT2D eigenvalue weighted by atomic mass is 10.4. The van der Waals surface area contributed by atoms with Gasteiger partial charge in [0.15, 0.2) is 0 Å². The molecule has 0 amide bonds. The zero-order valence-electron chi connectivity index (χ0n) is 6.05. The molecular weight excluding hydrogens is 184 g/mol. The number of thiol groups is 2. The van der Waals surface area contributed by atoms with Crippen molar-refractivity contribution in [2.45, 2.75) is 0 Å². The van der Waals surface area contributed by atoms with Crippen LogP contribution in [-0.4, -0.2) is 46.4 Å². The standard InChI is InChI=1S/C4H10N2S2.CH2O2/c7-5-1-2-6(8)4-3-5;2-1-3/h7-8H,1-4H2;1H,(H,2,3). The zero-order valence-corrected chi connectivity index (χ0v) is 7.84. The minimum Gasteiger partial charge on any atom is -0.483 e. The van der Waals surface area contributed by atoms with Crippen molar-refractivity contribution in [2.24, 2.45) is 0 Å². The Bertz CT molecular complexity index is 96.7. The third-order valence-electron chi connectivity index (χ3n) is 1.23. The Kier molecular flexibility index (Phi) is 6.83. The molecule has 1 N–H and O–H groups in total. The first-order valence-electron chi connectivity index (χ1n) is 3.16. The number of nitrogens with zero attached hydrogens (tertiary/aromatic N) is 2. The smallest absolute Gasteiger partial charge is 0.290 e. The average Bonchev–Trinajstić information content (AvgIpc) is 1.97. The maximum Gasteiger partial charge on any atom is 0.290 e. The molecule has 66 valence electrons. The van der Waals surface area contributed by atoms with Crippen LogP contribution in [0.1, 0.15) is 0 Å². The third-order valence-corrected chi connectivity index (χ3v) is 2.03. The van der Waals surface area contributed by atoms with Crippen molar-refractivity contribution in [3.05, 3.63) is 0 Å². The largest absolute Gasteiger partial charge is 0.483 e. The van der Waals surface area contributed by atoms with E-state index in [0.29, 0.717) is 0 Å². The molecular formula is C5H12N2O2S2. The lowest BCUT2D eigenvalue weighted by Gasteiger charge is -2.26. The molecule has 0 spiro atoms. The lowest BCUT2D eigenvalue weighted by Crippen LogP contribution is -2.37. The van der Waals surface area contributed by atoms with Crippen molar-refractivity contribution >= 4 is 32.1 Å². The molecule has 0 radical (unpaired) electrons. The minimum absolute atomic E-state index is 0.250. The summed E-state index contributed by atoms with van der Waals surface area (Å²) in [6, 6.07) is 0. The highest BCUT2D eigenvalue weighted by Crippen LogP contribution is 2.03. The molecule has 0 saturated carbocycles. The fourth-order valence-electron chi connectivity index (χ4n) is 0.685. The molecule has 0 atom stereocenters. The summed E-state index contributed by atoms with van der Waals surface area (Å²) >= 11 is 8.35. The molecule has 1 rings (SSSR count). The topological polar surface area (TPSA) is 43.8 Å². The van der Waals surface area contributed by atoms with E-state index in [0.717, 1.165) is 26.2 Å². The van der Waals surface area contributed by atoms with Crippen molar-refractivity contribution in [3.8, 4) is 0 Å². The Hall–Kier alpha value is 0.0900. The summed E-state index contributed by atoms with van der Waals surface area (Å²) in [5, 5.41) is 6.89. The minimum atomic E-state index is -0.250. The Morgan fingerprint density at radius 3 is 1.45 bits per heavy atom. The van der Waals surface area contributed by atoms with Gasteiger partial charge in [-0.15, -0.1) is 0 Å². The summed E-state index contributed by atoms with van der Waals surface area (Å²) in [5.41, 5.74) is 0. The summed E-state index contributed by atoms with van der Waals surface area (Å²) in [7, 11) is 0. The second-order valence-electron chi connectivity index (χ2n) is 2.01. The summed E-state index contributed by atoms with van der Waals surface area (Å²) in [6.45, 7) is 3.83. The van der Waals surface area contributed by atoms with Gasteiger partial charge in [-0.05, 0) is 0 Å². The Morgan fingerprint density at radius 2 is 1.27 bits per heavy atom. The summed E-state index contributed by atoms with van der Waals surface area (Å²) in [4.78, 5) is 8.36. The van der Waals surface area contributed by atoms with Gasteiger partial charge in [-0.25, -0.2) is 0 Å². The molecule has 0 aromatic carbocycles. The quantitative estimate of drug-likeness (QED) is 0.377. The van der Waals surface area contributed by atoms with E-state index in [1.807, 2.05) is 8.61 Å². The highest BCUT2D eigenvalue weighted by molar-refractivity contribution is 7.78. The van der Waals surface area contributed by atoms with Gasteiger partial charge in [-0.2, -0.15) is 0 Å². The Labute approximate surface area is 77.3 Å². The Morgan fingerprint density at radius 1 is 1.09 bits per heavy atom. The van der Waals surface area contributed by atoms with Crippen LogP contribution in [0.25, 0.3) is 0 Å². The molecule has 4 nitrogen and oxygen atoms in total. The van der Waals surface area contributed by atoms with Crippen molar-refractivity contribution in [1.82, 2.24) is 8.61 Å². The second kappa shape index (κ2) is 6.78. The van der Waals surface area contributed by atoms with Crippen LogP contribution in [-0.2, 0) is 4.79 Å². The second-order valence-corrected chi connectivity index (χ2v) is 3.14. The maximum absolute atomic E-state index is 8.36. The van der Waals surface area contributed by atoms with Crippen molar-refractivity contribution in [1.29, 1.82) is 0 Å². The highest BCUT2D eigenvalue weighted by atomic mass is 32.1. The first kappa shape index (κ1) is 11.1. The number of carboxylic acid groups (broad SMARTS) is 1. The van der Waals surface area contributed by atoms with Crippen molar-refractivity contribution in [3.63, 3.8) is 0 Å². The van der Waals surface area contributed by atoms with Gasteiger partial charge in [-0.1, -0.05) is 25.6 Å². The van der Waals surface area contributed by atoms with E-state index in [1.54, 1.807) is 0 Å². The Balaban J connectivity index is 0.000000292. The van der Waals surface area contributed by atoms with Gasteiger partial charge >= 0.3 is 0 Å². The SMILES string of the molecule is O=CO.SN1CCN(S)CC1. The zero-order chi connectivity index (χ0) is 8.69. The van der Waals surface area contributed by atoms with Crippen molar-refractivity contribution in [2.75, 3.05) is 26.2 Å². The molecule has 1 aliphatic heterocycles. The molecule has 0 aromatic rings. The lowest BCUT2D eigenvalue weighted by molar-refractivity contribution is -0.122. The van der Waals surface area contributed by atoms with E-state index in [4.69, 9.17) is 9.90 Å². The van der Waals surface area contributed by atoms with Crippen LogP contribution in [0.4, 0.5) is 0 Å². The van der Waals surface area contributed by atoms with E-state index in [9.17, 15) is 0 Å². The summed E-state index contributed by atoms with van der Waals surface area (Å²) in [5.74, 6) is 0. The number of hydrogen-bond acceptors (Lipinski definition) is 5. The molecule has 11 heavy (non-hydrogen) atoms. The van der Waals surface area contributed by atoms with Crippen molar-refractivity contribution < 1.29 is 9.90 Å². The first-order valence-corrected chi connectivity index (χ1v) is 3.96. The van der Waals surface area contributed by atoms with Crippen LogP contribution in [0.5, 0.6) is 0 Å². The molecule has 1 heterocycles. The van der Waals surface area contributed by atoms with Gasteiger partial charge < -0.3 is 5.11 Å². The molecule has 0 unspecified atom stereocenters. The number of rotatable bonds is 0. The highest BCUT2D eigenvalue weighted by Gasteiger charge is 2.09. The van der Waals surface area contributed by atoms with Gasteiger partial charge in [0.05, 0.1) is 0 Å². The molecule has 6 heteroatoms. The van der Waals surface area contributed by atoms with Gasteiger partial charge in [0.2, 0.25) is 0 Å². The fraction of sp³-hybridized carbons (Fsp3) is 0.800. The van der Waals surface area contributed by atoms with Crippen LogP contribution in [0.15, 0.2) is 0 Å². The van der Waals surface area contributed by atoms with E-state index in [2.05, 4.69) is 25.6 Å². The van der Waals surface area contributed by atoms with Crippen LogP contribution < -0.4 is 0 Å². The third kappa shape index (κ3) is 6.49. The normalized spacial score (nSPS) is 20.2. The van der Waals surface area contributed by atoms with Crippen LogP contribution in [0, 0.1) is 0 Å². The number of piperazine rings is 1. The average molecular weight is 196 g/mol. The van der Waals surface area contributed by atoms with Gasteiger partial charge in [-0.3, -0.25) is 13.4 Å². The van der Waals surface area contributed by atoms with E-state index in [1.165, 1.54) is 0 Å². The van der Waals surface area contributed by atoms with E-state index < -0.39 is 0 Å². The molecule has 0 bridgehead atoms. The number of carbonyl (C=O) groups is 1. The van der Waals surface area contributed by atoms with E-state index in [-0.39, 0.29) is 6.47 Å². The molecule has 1 aliphatic rings. The van der Waals surface area contributed by atoms with Crippen LogP contribution in [0.2, 0.25) is 0 Å². The first-order chi connectivity index (χ1) is 5.20. The van der Waals surface area contributed by atoms with E-state index >= 15 is 0 Å². The maximum atomic E-state index is 8.36. The molecule has 0 aliphatic carbocycles. The fourth-order valence-corrected chi connectivity index (χ4v) is 1.04. The molecule has 0 aromatic heterocycles. The van der Waals surface area contributed by atoms with Gasteiger partial charge in [0.25, 0.3) is 6.47 Å².